The molecule has 0 aliphatic carbocycles. The predicted octanol–water partition coefficient (Wildman–Crippen LogP) is 1.77. The molecule has 9 heteroatoms. The van der Waals surface area contributed by atoms with Gasteiger partial charge in [-0.15, -0.1) is 10.2 Å². The maximum Gasteiger partial charge on any atom is 0.289 e. The number of amides is 1. The van der Waals surface area contributed by atoms with Crippen molar-refractivity contribution in [3.63, 3.8) is 0 Å². The summed E-state index contributed by atoms with van der Waals surface area (Å²) in [7, 11) is 0. The smallest absolute Gasteiger partial charge is 0.289 e. The van der Waals surface area contributed by atoms with Crippen LogP contribution in [-0.2, 0) is 0 Å². The molecule has 1 saturated heterocycles. The number of rotatable bonds is 3. The molecule has 9 nitrogen and oxygen atoms in total. The van der Waals surface area contributed by atoms with E-state index in [0.717, 1.165) is 16.8 Å². The Kier molecular flexibility index (Phi) is 3.97. The van der Waals surface area contributed by atoms with Crippen LogP contribution >= 0.6 is 0 Å². The number of carbonyl (C=O) groups is 1. The monoisotopic (exact) mass is 375 g/mol. The summed E-state index contributed by atoms with van der Waals surface area (Å²) >= 11 is 0. The molecule has 0 bridgehead atoms. The Morgan fingerprint density at radius 2 is 1.75 bits per heavy atom. The number of carbonyl (C=O) groups excluding carboxylic acids is 1. The zero-order valence-electron chi connectivity index (χ0n) is 15.0. The maximum atomic E-state index is 12.8. The summed E-state index contributed by atoms with van der Waals surface area (Å²) < 4.78 is 7.26. The first-order chi connectivity index (χ1) is 13.8. The molecule has 1 amide bonds. The lowest BCUT2D eigenvalue weighted by atomic mass is 10.2. The zero-order valence-corrected chi connectivity index (χ0v) is 15.0. The van der Waals surface area contributed by atoms with Gasteiger partial charge in [0.15, 0.2) is 17.4 Å². The Morgan fingerprint density at radius 1 is 0.964 bits per heavy atom. The van der Waals surface area contributed by atoms with Gasteiger partial charge in [-0.2, -0.15) is 5.10 Å². The summed E-state index contributed by atoms with van der Waals surface area (Å²) in [4.78, 5) is 20.6. The average Bonchev–Trinajstić information content (AvgIpc) is 3.43. The molecule has 3 aromatic heterocycles. The van der Waals surface area contributed by atoms with Gasteiger partial charge in [0.1, 0.15) is 18.2 Å². The van der Waals surface area contributed by atoms with E-state index in [0.29, 0.717) is 37.8 Å². The van der Waals surface area contributed by atoms with Crippen LogP contribution in [0, 0.1) is 0 Å². The second-order valence-electron chi connectivity index (χ2n) is 6.52. The van der Waals surface area contributed by atoms with Crippen molar-refractivity contribution < 1.29 is 9.21 Å². The predicted molar refractivity (Wildman–Crippen MR) is 101 cm³/mol. The number of fused-ring (bicyclic) bond motifs is 1. The van der Waals surface area contributed by atoms with E-state index in [1.165, 1.54) is 6.33 Å². The Balaban J connectivity index is 1.25. The highest BCUT2D eigenvalue weighted by atomic mass is 16.3. The third-order valence-electron chi connectivity index (χ3n) is 4.82. The highest BCUT2D eigenvalue weighted by molar-refractivity contribution is 5.96. The third kappa shape index (κ3) is 2.96. The molecule has 0 atom stereocenters. The first-order valence-electron chi connectivity index (χ1n) is 8.99. The lowest BCUT2D eigenvalue weighted by molar-refractivity contribution is 0.0717. The van der Waals surface area contributed by atoms with Crippen LogP contribution in [0.3, 0.4) is 0 Å². The minimum Gasteiger partial charge on any atom is -0.451 e. The number of hydrogen-bond acceptors (Lipinski definition) is 7. The summed E-state index contributed by atoms with van der Waals surface area (Å²) in [6.07, 6.45) is 3.03. The van der Waals surface area contributed by atoms with E-state index in [9.17, 15) is 4.79 Å². The molecule has 0 spiro atoms. The third-order valence-corrected chi connectivity index (χ3v) is 4.82. The largest absolute Gasteiger partial charge is 0.451 e. The Labute approximate surface area is 160 Å². The van der Waals surface area contributed by atoms with Crippen molar-refractivity contribution in [1.82, 2.24) is 29.9 Å². The molecule has 1 aliphatic heterocycles. The first-order valence-corrected chi connectivity index (χ1v) is 8.99. The minimum absolute atomic E-state index is 0.0801. The number of benzene rings is 1. The number of furan rings is 1. The molecular formula is C19H17N7O2. The summed E-state index contributed by atoms with van der Waals surface area (Å²) in [6, 6.07) is 13.2. The second kappa shape index (κ2) is 6.76. The molecule has 4 heterocycles. The van der Waals surface area contributed by atoms with Gasteiger partial charge in [0.2, 0.25) is 0 Å². The fourth-order valence-corrected chi connectivity index (χ4v) is 3.32. The Bertz CT molecular complexity index is 1060. The lowest BCUT2D eigenvalue weighted by Gasteiger charge is -2.34. The number of piperazine rings is 1. The standard InChI is InChI=1S/C19H17N7O2/c27-19(16-11-14-3-1-2-4-15(14)28-16)25-9-7-24(8-10-25)17-5-6-18(23-22-17)26-13-20-12-21-26/h1-6,11-13H,7-10H2. The van der Waals surface area contributed by atoms with Crippen LogP contribution in [0.1, 0.15) is 10.6 Å². The van der Waals surface area contributed by atoms with Crippen molar-refractivity contribution in [1.29, 1.82) is 0 Å². The van der Waals surface area contributed by atoms with Crippen LogP contribution in [0.2, 0.25) is 0 Å². The second-order valence-corrected chi connectivity index (χ2v) is 6.52. The molecule has 5 rings (SSSR count). The summed E-state index contributed by atoms with van der Waals surface area (Å²) in [5.41, 5.74) is 0.729. The topological polar surface area (TPSA) is 93.2 Å². The van der Waals surface area contributed by atoms with Crippen LogP contribution in [0.25, 0.3) is 16.8 Å². The van der Waals surface area contributed by atoms with Gasteiger partial charge in [-0.25, -0.2) is 9.67 Å². The van der Waals surface area contributed by atoms with E-state index in [-0.39, 0.29) is 5.91 Å². The SMILES string of the molecule is O=C(c1cc2ccccc2o1)N1CCN(c2ccc(-n3cncn3)nn2)CC1. The van der Waals surface area contributed by atoms with Gasteiger partial charge >= 0.3 is 0 Å². The normalized spacial score (nSPS) is 14.6. The molecule has 4 aromatic rings. The van der Waals surface area contributed by atoms with Crippen molar-refractivity contribution >= 4 is 22.7 Å². The van der Waals surface area contributed by atoms with Crippen molar-refractivity contribution in [2.75, 3.05) is 31.1 Å². The van der Waals surface area contributed by atoms with Crippen LogP contribution in [0.4, 0.5) is 5.82 Å². The number of aromatic nitrogens is 5. The Hall–Kier alpha value is -3.75. The molecule has 0 N–H and O–H groups in total. The highest BCUT2D eigenvalue weighted by Crippen LogP contribution is 2.21. The van der Waals surface area contributed by atoms with E-state index in [1.54, 1.807) is 17.1 Å². The van der Waals surface area contributed by atoms with Crippen LogP contribution in [-0.4, -0.2) is 61.9 Å². The number of para-hydroxylation sites is 1. The maximum absolute atomic E-state index is 12.8. The van der Waals surface area contributed by atoms with Crippen molar-refractivity contribution in [2.45, 2.75) is 0 Å². The van der Waals surface area contributed by atoms with E-state index < -0.39 is 0 Å². The number of anilines is 1. The van der Waals surface area contributed by atoms with Crippen LogP contribution in [0.15, 0.2) is 59.5 Å². The molecule has 1 fully saturated rings. The fourth-order valence-electron chi connectivity index (χ4n) is 3.32. The molecule has 28 heavy (non-hydrogen) atoms. The van der Waals surface area contributed by atoms with E-state index in [4.69, 9.17) is 4.42 Å². The summed E-state index contributed by atoms with van der Waals surface area (Å²) in [5.74, 6) is 1.69. The summed E-state index contributed by atoms with van der Waals surface area (Å²) in [5, 5.41) is 13.5. The molecule has 0 saturated carbocycles. The van der Waals surface area contributed by atoms with Gasteiger partial charge in [0, 0.05) is 31.6 Å². The number of hydrogen-bond donors (Lipinski definition) is 0. The number of nitrogens with zero attached hydrogens (tertiary/aromatic N) is 7. The van der Waals surface area contributed by atoms with Gasteiger partial charge in [0.25, 0.3) is 5.91 Å². The fraction of sp³-hybridized carbons (Fsp3) is 0.211. The van der Waals surface area contributed by atoms with Gasteiger partial charge in [0.05, 0.1) is 0 Å². The molecule has 0 unspecified atom stereocenters. The molecule has 1 aliphatic rings. The summed E-state index contributed by atoms with van der Waals surface area (Å²) in [6.45, 7) is 2.57. The van der Waals surface area contributed by atoms with Gasteiger partial charge in [-0.1, -0.05) is 18.2 Å². The zero-order chi connectivity index (χ0) is 18.9. The van der Waals surface area contributed by atoms with Crippen LogP contribution < -0.4 is 4.90 Å². The first kappa shape index (κ1) is 16.4. The van der Waals surface area contributed by atoms with Gasteiger partial charge < -0.3 is 14.2 Å². The van der Waals surface area contributed by atoms with Crippen molar-refractivity contribution in [2.24, 2.45) is 0 Å². The quantitative estimate of drug-likeness (QED) is 0.539. The van der Waals surface area contributed by atoms with Gasteiger partial charge in [-0.05, 0) is 24.3 Å². The minimum atomic E-state index is -0.0801. The van der Waals surface area contributed by atoms with E-state index in [1.807, 2.05) is 41.3 Å². The Morgan fingerprint density at radius 3 is 2.46 bits per heavy atom. The van der Waals surface area contributed by atoms with Crippen LogP contribution in [0.5, 0.6) is 0 Å². The van der Waals surface area contributed by atoms with E-state index in [2.05, 4.69) is 25.2 Å². The molecule has 1 aromatic carbocycles. The highest BCUT2D eigenvalue weighted by Gasteiger charge is 2.25. The van der Waals surface area contributed by atoms with Crippen molar-refractivity contribution in [3.8, 4) is 5.82 Å². The van der Waals surface area contributed by atoms with Crippen molar-refractivity contribution in [3.05, 3.63) is 60.9 Å². The lowest BCUT2D eigenvalue weighted by Crippen LogP contribution is -2.49. The molecule has 140 valence electrons. The van der Waals surface area contributed by atoms with Gasteiger partial charge in [-0.3, -0.25) is 4.79 Å². The molecule has 0 radical (unpaired) electrons. The van der Waals surface area contributed by atoms with E-state index >= 15 is 0 Å². The average molecular weight is 375 g/mol. The molecular weight excluding hydrogens is 358 g/mol.